The topological polar surface area (TPSA) is 119 Å². The lowest BCUT2D eigenvalue weighted by atomic mass is 9.91. The predicted octanol–water partition coefficient (Wildman–Crippen LogP) is 0.581. The smallest absolute Gasteiger partial charge is 0.353 e. The Labute approximate surface area is 168 Å². The molecular weight excluding hydrogens is 398 g/mol. The fourth-order valence-electron chi connectivity index (χ4n) is 4.24. The molecule has 3 aliphatic heterocycles. The first-order valence-electron chi connectivity index (χ1n) is 9.20. The maximum Gasteiger partial charge on any atom is 0.353 e. The van der Waals surface area contributed by atoms with Crippen LogP contribution >= 0.6 is 11.8 Å². The lowest BCUT2D eigenvalue weighted by molar-refractivity contribution is -0.164. The quantitative estimate of drug-likeness (QED) is 0.557. The fraction of sp³-hybridized carbons (Fsp3) is 0.389. The second-order valence-corrected chi connectivity index (χ2v) is 8.22. The number of β-lactam (4-membered cyclic amide) rings is 1. The summed E-state index contributed by atoms with van der Waals surface area (Å²) in [7, 11) is 0. The van der Waals surface area contributed by atoms with Gasteiger partial charge in [-0.15, -0.1) is 16.9 Å². The standard InChI is InChI=1S/C18H15N5O5S/c24-14-10(15-22(14)12(8-29-15)16(25)26)5-13-20-17-19-7-9-6-18(27-3-4-28-18)2-1-11(9)23(17)21-13/h5,7-8,15H,1-4,6H2,(H,25,26)/t15-/m1/s1. The van der Waals surface area contributed by atoms with Gasteiger partial charge in [0.05, 0.1) is 24.5 Å². The van der Waals surface area contributed by atoms with E-state index in [0.29, 0.717) is 36.8 Å². The Morgan fingerprint density at radius 3 is 3.00 bits per heavy atom. The molecule has 11 heteroatoms. The van der Waals surface area contributed by atoms with E-state index in [1.54, 1.807) is 16.8 Å². The van der Waals surface area contributed by atoms with Crippen molar-refractivity contribution in [3.8, 4) is 0 Å². The van der Waals surface area contributed by atoms with Gasteiger partial charge in [-0.3, -0.25) is 9.69 Å². The minimum atomic E-state index is -1.11. The van der Waals surface area contributed by atoms with Crippen molar-refractivity contribution >= 4 is 35.5 Å². The zero-order chi connectivity index (χ0) is 19.8. The average molecular weight is 413 g/mol. The number of carbonyl (C=O) groups is 2. The second-order valence-electron chi connectivity index (χ2n) is 7.27. The third-order valence-electron chi connectivity index (χ3n) is 5.62. The molecular formula is C18H15N5O5S. The highest BCUT2D eigenvalue weighted by atomic mass is 32.2. The summed E-state index contributed by atoms with van der Waals surface area (Å²) >= 11 is 1.29. The Hall–Kier alpha value is -2.76. The average Bonchev–Trinajstić information content (AvgIpc) is 3.42. The summed E-state index contributed by atoms with van der Waals surface area (Å²) in [6.07, 6.45) is 5.49. The molecule has 0 radical (unpaired) electrons. The van der Waals surface area contributed by atoms with Gasteiger partial charge in [-0.1, -0.05) is 0 Å². The van der Waals surface area contributed by atoms with Crippen LogP contribution < -0.4 is 0 Å². The van der Waals surface area contributed by atoms with Gasteiger partial charge in [-0.25, -0.2) is 14.3 Å². The molecule has 5 heterocycles. The Kier molecular flexibility index (Phi) is 3.47. The molecule has 0 aromatic carbocycles. The predicted molar refractivity (Wildman–Crippen MR) is 99.4 cm³/mol. The van der Waals surface area contributed by atoms with Crippen LogP contribution in [0, 0.1) is 0 Å². The Balaban J connectivity index is 1.32. The largest absolute Gasteiger partial charge is 0.477 e. The minimum Gasteiger partial charge on any atom is -0.477 e. The first-order chi connectivity index (χ1) is 14.0. The third-order valence-corrected chi connectivity index (χ3v) is 6.70. The molecule has 4 aliphatic rings. The molecule has 6 rings (SSSR count). The summed E-state index contributed by atoms with van der Waals surface area (Å²) in [4.78, 5) is 33.7. The number of aliphatic carboxylic acids is 1. The molecule has 29 heavy (non-hydrogen) atoms. The van der Waals surface area contributed by atoms with E-state index in [9.17, 15) is 9.59 Å². The van der Waals surface area contributed by atoms with Crippen LogP contribution in [0.5, 0.6) is 0 Å². The van der Waals surface area contributed by atoms with Gasteiger partial charge in [0.15, 0.2) is 11.6 Å². The van der Waals surface area contributed by atoms with E-state index in [4.69, 9.17) is 14.6 Å². The van der Waals surface area contributed by atoms with E-state index in [2.05, 4.69) is 15.1 Å². The summed E-state index contributed by atoms with van der Waals surface area (Å²) in [5.41, 5.74) is 2.52. The van der Waals surface area contributed by atoms with Gasteiger partial charge in [-0.05, 0) is 18.1 Å². The van der Waals surface area contributed by atoms with Gasteiger partial charge in [0.1, 0.15) is 11.1 Å². The van der Waals surface area contributed by atoms with Crippen LogP contribution in [0.15, 0.2) is 22.9 Å². The lowest BCUT2D eigenvalue weighted by Gasteiger charge is -2.36. The van der Waals surface area contributed by atoms with Crippen LogP contribution in [0.2, 0.25) is 0 Å². The van der Waals surface area contributed by atoms with Crippen molar-refractivity contribution in [3.63, 3.8) is 0 Å². The van der Waals surface area contributed by atoms with Gasteiger partial charge in [-0.2, -0.15) is 4.98 Å². The van der Waals surface area contributed by atoms with Crippen molar-refractivity contribution in [2.75, 3.05) is 13.2 Å². The highest BCUT2D eigenvalue weighted by molar-refractivity contribution is 8.03. The van der Waals surface area contributed by atoms with Crippen molar-refractivity contribution in [1.29, 1.82) is 0 Å². The summed E-state index contributed by atoms with van der Waals surface area (Å²) in [6, 6.07) is 0. The van der Waals surface area contributed by atoms with E-state index < -0.39 is 11.8 Å². The maximum atomic E-state index is 12.4. The number of carboxylic acids is 1. The molecule has 1 atom stereocenters. The molecule has 1 aliphatic carbocycles. The summed E-state index contributed by atoms with van der Waals surface area (Å²) in [6.45, 7) is 1.21. The van der Waals surface area contributed by atoms with E-state index in [1.807, 2.05) is 0 Å². The number of carboxylic acid groups (broad SMARTS) is 1. The number of ether oxygens (including phenoxy) is 2. The molecule has 2 aromatic heterocycles. The fourth-order valence-corrected chi connectivity index (χ4v) is 5.36. The molecule has 2 aromatic rings. The van der Waals surface area contributed by atoms with Crippen molar-refractivity contribution in [1.82, 2.24) is 24.5 Å². The summed E-state index contributed by atoms with van der Waals surface area (Å²) in [5.74, 6) is -1.15. The van der Waals surface area contributed by atoms with Crippen molar-refractivity contribution < 1.29 is 24.2 Å². The molecule has 1 N–H and O–H groups in total. The number of carbonyl (C=O) groups excluding carboxylic acids is 1. The van der Waals surface area contributed by atoms with Crippen LogP contribution in [0.1, 0.15) is 23.5 Å². The van der Waals surface area contributed by atoms with Crippen LogP contribution in [0.4, 0.5) is 0 Å². The second kappa shape index (κ2) is 5.88. The number of hydrogen-bond acceptors (Lipinski definition) is 8. The summed E-state index contributed by atoms with van der Waals surface area (Å²) in [5, 5.41) is 14.9. The zero-order valence-corrected chi connectivity index (χ0v) is 15.9. The van der Waals surface area contributed by atoms with Crippen LogP contribution in [0.3, 0.4) is 0 Å². The van der Waals surface area contributed by atoms with Gasteiger partial charge in [0.25, 0.3) is 11.7 Å². The molecule has 0 bridgehead atoms. The number of aromatic nitrogens is 4. The SMILES string of the molecule is O=C(O)C1=CS[C@@H]2C(=Cc3nc4ncc5c(n4n3)CCC3(C5)OCCO3)C(=O)N12. The monoisotopic (exact) mass is 413 g/mol. The molecule has 1 spiro atoms. The van der Waals surface area contributed by atoms with Crippen LogP contribution in [-0.4, -0.2) is 65.8 Å². The zero-order valence-electron chi connectivity index (χ0n) is 15.1. The van der Waals surface area contributed by atoms with Gasteiger partial charge in [0, 0.05) is 24.4 Å². The Morgan fingerprint density at radius 1 is 1.38 bits per heavy atom. The number of hydrogen-bond donors (Lipinski definition) is 1. The Bertz CT molecular complexity index is 1150. The molecule has 1 amide bonds. The molecule has 2 saturated heterocycles. The minimum absolute atomic E-state index is 0.00567. The molecule has 10 nitrogen and oxygen atoms in total. The highest BCUT2D eigenvalue weighted by Gasteiger charge is 2.49. The van der Waals surface area contributed by atoms with Crippen molar-refractivity contribution in [2.45, 2.75) is 30.4 Å². The third kappa shape index (κ3) is 2.41. The van der Waals surface area contributed by atoms with Gasteiger partial charge >= 0.3 is 5.97 Å². The van der Waals surface area contributed by atoms with E-state index in [-0.39, 0.29) is 17.0 Å². The number of aryl methyl sites for hydroxylation is 1. The first kappa shape index (κ1) is 17.1. The number of fused-ring (bicyclic) bond motifs is 4. The van der Waals surface area contributed by atoms with Gasteiger partial charge in [0.2, 0.25) is 0 Å². The highest BCUT2D eigenvalue weighted by Crippen LogP contribution is 2.45. The molecule has 0 unspecified atom stereocenters. The van der Waals surface area contributed by atoms with Crippen LogP contribution in [0.25, 0.3) is 11.9 Å². The number of thioether (sulfide) groups is 1. The molecule has 148 valence electrons. The lowest BCUT2D eigenvalue weighted by Crippen LogP contribution is -2.51. The number of amides is 1. The maximum absolute atomic E-state index is 12.4. The Morgan fingerprint density at radius 2 is 2.21 bits per heavy atom. The molecule has 0 saturated carbocycles. The summed E-state index contributed by atoms with van der Waals surface area (Å²) < 4.78 is 13.3. The normalized spacial score (nSPS) is 26.0. The van der Waals surface area contributed by atoms with Crippen LogP contribution in [-0.2, 0) is 31.9 Å². The molecule has 2 fully saturated rings. The number of nitrogens with zero attached hydrogens (tertiary/aromatic N) is 5. The van der Waals surface area contributed by atoms with Crippen molar-refractivity contribution in [2.24, 2.45) is 0 Å². The van der Waals surface area contributed by atoms with E-state index >= 15 is 0 Å². The van der Waals surface area contributed by atoms with E-state index in [0.717, 1.165) is 24.1 Å². The number of rotatable bonds is 2. The first-order valence-corrected chi connectivity index (χ1v) is 10.1. The van der Waals surface area contributed by atoms with Crippen molar-refractivity contribution in [3.05, 3.63) is 40.0 Å². The van der Waals surface area contributed by atoms with Gasteiger partial charge < -0.3 is 14.6 Å². The van der Waals surface area contributed by atoms with E-state index in [1.165, 1.54) is 22.1 Å².